The first-order valence-corrected chi connectivity index (χ1v) is 7.39. The third-order valence-corrected chi connectivity index (χ3v) is 3.74. The number of para-hydroxylation sites is 1. The maximum Gasteiger partial charge on any atom is 0.418 e. The maximum atomic E-state index is 13.1. The molecule has 3 aromatic rings. The van der Waals surface area contributed by atoms with E-state index in [2.05, 4.69) is 5.32 Å². The number of hydrogen-bond donors (Lipinski definition) is 1. The second-order valence-electron chi connectivity index (χ2n) is 5.35. The van der Waals surface area contributed by atoms with E-state index >= 15 is 0 Å². The van der Waals surface area contributed by atoms with E-state index in [0.717, 1.165) is 6.07 Å². The molecule has 0 aliphatic heterocycles. The number of halogens is 3. The first kappa shape index (κ1) is 16.9. The van der Waals surface area contributed by atoms with Crippen LogP contribution < -0.4 is 15.7 Å². The van der Waals surface area contributed by atoms with E-state index in [4.69, 9.17) is 9.15 Å². The first-order valence-electron chi connectivity index (χ1n) is 7.39. The molecule has 0 atom stereocenters. The fraction of sp³-hybridized carbons (Fsp3) is 0.167. The Kier molecular flexibility index (Phi) is 4.39. The molecule has 25 heavy (non-hydrogen) atoms. The third kappa shape index (κ3) is 3.60. The predicted octanol–water partition coefficient (Wildman–Crippen LogP) is 4.43. The maximum absolute atomic E-state index is 13.1. The number of nitrogens with one attached hydrogen (secondary N) is 1. The lowest BCUT2D eigenvalue weighted by atomic mass is 10.1. The summed E-state index contributed by atoms with van der Waals surface area (Å²) in [5.41, 5.74) is -0.547. The first-order chi connectivity index (χ1) is 11.9. The smallest absolute Gasteiger partial charge is 0.418 e. The van der Waals surface area contributed by atoms with Crippen LogP contribution in [0.2, 0.25) is 0 Å². The van der Waals surface area contributed by atoms with Gasteiger partial charge >= 0.3 is 11.8 Å². The lowest BCUT2D eigenvalue weighted by molar-refractivity contribution is -0.136. The highest BCUT2D eigenvalue weighted by molar-refractivity contribution is 5.81. The predicted molar refractivity (Wildman–Crippen MR) is 87.8 cm³/mol. The van der Waals surface area contributed by atoms with Crippen molar-refractivity contribution in [2.75, 3.05) is 12.4 Å². The van der Waals surface area contributed by atoms with Gasteiger partial charge in [0, 0.05) is 29.8 Å². The van der Waals surface area contributed by atoms with E-state index in [1.54, 1.807) is 18.2 Å². The SMILES string of the molecule is COc1ccc2c(CNc3ccccc3C(F)(F)F)cc(=O)oc2c1. The van der Waals surface area contributed by atoms with Crippen molar-refractivity contribution in [2.24, 2.45) is 0 Å². The van der Waals surface area contributed by atoms with Gasteiger partial charge in [0.25, 0.3) is 0 Å². The van der Waals surface area contributed by atoms with E-state index in [0.29, 0.717) is 22.3 Å². The summed E-state index contributed by atoms with van der Waals surface area (Å²) in [5.74, 6) is 0.517. The average molecular weight is 349 g/mol. The Bertz CT molecular complexity index is 964. The van der Waals surface area contributed by atoms with Crippen molar-refractivity contribution in [1.29, 1.82) is 0 Å². The Hall–Kier alpha value is -2.96. The summed E-state index contributed by atoms with van der Waals surface area (Å²) in [7, 11) is 1.48. The zero-order valence-corrected chi connectivity index (χ0v) is 13.2. The topological polar surface area (TPSA) is 51.5 Å². The summed E-state index contributed by atoms with van der Waals surface area (Å²) in [5, 5.41) is 3.37. The summed E-state index contributed by atoms with van der Waals surface area (Å²) in [6.07, 6.45) is -4.46. The molecule has 7 heteroatoms. The van der Waals surface area contributed by atoms with Gasteiger partial charge in [-0.3, -0.25) is 0 Å². The Morgan fingerprint density at radius 1 is 1.12 bits per heavy atom. The molecule has 1 aromatic heterocycles. The van der Waals surface area contributed by atoms with Crippen LogP contribution in [0.4, 0.5) is 18.9 Å². The molecule has 2 aromatic carbocycles. The second-order valence-corrected chi connectivity index (χ2v) is 5.35. The number of alkyl halides is 3. The minimum Gasteiger partial charge on any atom is -0.497 e. The van der Waals surface area contributed by atoms with Gasteiger partial charge in [-0.15, -0.1) is 0 Å². The number of anilines is 1. The molecule has 1 N–H and O–H groups in total. The lowest BCUT2D eigenvalue weighted by Crippen LogP contribution is -2.11. The molecule has 4 nitrogen and oxygen atoms in total. The Balaban J connectivity index is 1.96. The van der Waals surface area contributed by atoms with Crippen molar-refractivity contribution < 1.29 is 22.3 Å². The fourth-order valence-electron chi connectivity index (χ4n) is 2.56. The summed E-state index contributed by atoms with van der Waals surface area (Å²) in [6, 6.07) is 11.4. The van der Waals surface area contributed by atoms with Gasteiger partial charge in [0.05, 0.1) is 12.7 Å². The molecule has 0 bridgehead atoms. The van der Waals surface area contributed by atoms with Gasteiger partial charge in [0.2, 0.25) is 0 Å². The molecular formula is C18H14F3NO3. The van der Waals surface area contributed by atoms with Crippen LogP contribution in [0.3, 0.4) is 0 Å². The number of rotatable bonds is 4. The second kappa shape index (κ2) is 6.51. The molecule has 3 rings (SSSR count). The molecule has 130 valence electrons. The van der Waals surface area contributed by atoms with Gasteiger partial charge in [-0.2, -0.15) is 13.2 Å². The van der Waals surface area contributed by atoms with Gasteiger partial charge in [-0.25, -0.2) is 4.79 Å². The number of ether oxygens (including phenoxy) is 1. The molecule has 0 unspecified atom stereocenters. The Morgan fingerprint density at radius 2 is 1.88 bits per heavy atom. The van der Waals surface area contributed by atoms with Gasteiger partial charge in [0.15, 0.2) is 0 Å². The molecule has 0 saturated carbocycles. The average Bonchev–Trinajstić information content (AvgIpc) is 2.58. The normalized spacial score (nSPS) is 11.5. The third-order valence-electron chi connectivity index (χ3n) is 3.74. The molecule has 0 saturated heterocycles. The molecule has 0 fully saturated rings. The van der Waals surface area contributed by atoms with Crippen LogP contribution in [-0.2, 0) is 12.7 Å². The van der Waals surface area contributed by atoms with Gasteiger partial charge in [0.1, 0.15) is 11.3 Å². The number of methoxy groups -OCH3 is 1. The highest BCUT2D eigenvalue weighted by Crippen LogP contribution is 2.35. The van der Waals surface area contributed by atoms with Crippen LogP contribution in [0.25, 0.3) is 11.0 Å². The van der Waals surface area contributed by atoms with E-state index in [1.165, 1.54) is 31.4 Å². The zero-order valence-electron chi connectivity index (χ0n) is 13.2. The van der Waals surface area contributed by atoms with E-state index < -0.39 is 17.4 Å². The van der Waals surface area contributed by atoms with Crippen molar-refractivity contribution in [3.8, 4) is 5.75 Å². The quantitative estimate of drug-likeness (QED) is 0.708. The van der Waals surface area contributed by atoms with Crippen LogP contribution >= 0.6 is 0 Å². The Labute approximate surface area is 140 Å². The van der Waals surface area contributed by atoms with Crippen molar-refractivity contribution in [3.05, 3.63) is 70.1 Å². The zero-order chi connectivity index (χ0) is 18.0. The van der Waals surface area contributed by atoms with E-state index in [1.807, 2.05) is 0 Å². The summed E-state index contributed by atoms with van der Waals surface area (Å²) < 4.78 is 49.4. The van der Waals surface area contributed by atoms with Crippen LogP contribution in [0, 0.1) is 0 Å². The van der Waals surface area contributed by atoms with Crippen LogP contribution in [-0.4, -0.2) is 7.11 Å². The van der Waals surface area contributed by atoms with Crippen LogP contribution in [0.1, 0.15) is 11.1 Å². The fourth-order valence-corrected chi connectivity index (χ4v) is 2.56. The number of hydrogen-bond acceptors (Lipinski definition) is 4. The molecule has 0 amide bonds. The molecule has 0 spiro atoms. The van der Waals surface area contributed by atoms with Crippen LogP contribution in [0.5, 0.6) is 5.75 Å². The summed E-state index contributed by atoms with van der Waals surface area (Å²) in [4.78, 5) is 11.7. The molecule has 0 aliphatic carbocycles. The van der Waals surface area contributed by atoms with E-state index in [9.17, 15) is 18.0 Å². The standard InChI is InChI=1S/C18H14F3NO3/c1-24-12-6-7-13-11(8-17(23)25-16(13)9-12)10-22-15-5-3-2-4-14(15)18(19,20)21/h2-9,22H,10H2,1H3. The molecular weight excluding hydrogens is 335 g/mol. The van der Waals surface area contributed by atoms with Crippen molar-refractivity contribution >= 4 is 16.7 Å². The van der Waals surface area contributed by atoms with Crippen molar-refractivity contribution in [2.45, 2.75) is 12.7 Å². The van der Waals surface area contributed by atoms with Crippen molar-refractivity contribution in [1.82, 2.24) is 0 Å². The van der Waals surface area contributed by atoms with Gasteiger partial charge in [-0.1, -0.05) is 12.1 Å². The molecule has 1 heterocycles. The minimum atomic E-state index is -4.46. The Morgan fingerprint density at radius 3 is 2.60 bits per heavy atom. The van der Waals surface area contributed by atoms with Gasteiger partial charge < -0.3 is 14.5 Å². The molecule has 0 radical (unpaired) electrons. The van der Waals surface area contributed by atoms with Gasteiger partial charge in [-0.05, 0) is 29.8 Å². The van der Waals surface area contributed by atoms with Crippen molar-refractivity contribution in [3.63, 3.8) is 0 Å². The highest BCUT2D eigenvalue weighted by Gasteiger charge is 2.33. The molecule has 0 aliphatic rings. The van der Waals surface area contributed by atoms with Crippen LogP contribution in [0.15, 0.2) is 57.7 Å². The number of fused-ring (bicyclic) bond motifs is 1. The minimum absolute atomic E-state index is 0.0432. The lowest BCUT2D eigenvalue weighted by Gasteiger charge is -2.15. The highest BCUT2D eigenvalue weighted by atomic mass is 19.4. The van der Waals surface area contributed by atoms with E-state index in [-0.39, 0.29) is 12.2 Å². The number of benzene rings is 2. The summed E-state index contributed by atoms with van der Waals surface area (Å²) in [6.45, 7) is 0.0432. The monoisotopic (exact) mass is 349 g/mol. The largest absolute Gasteiger partial charge is 0.497 e. The summed E-state index contributed by atoms with van der Waals surface area (Å²) >= 11 is 0.